The minimum absolute atomic E-state index is 0.0362. The summed E-state index contributed by atoms with van der Waals surface area (Å²) >= 11 is 11.9. The number of hydrogen-bond donors (Lipinski definition) is 1. The lowest BCUT2D eigenvalue weighted by Gasteiger charge is -2.19. The highest BCUT2D eigenvalue weighted by Crippen LogP contribution is 2.26. The van der Waals surface area contributed by atoms with Gasteiger partial charge >= 0.3 is 5.97 Å². The van der Waals surface area contributed by atoms with Crippen molar-refractivity contribution in [2.45, 2.75) is 45.8 Å². The molecule has 0 aliphatic carbocycles. The fourth-order valence-electron chi connectivity index (χ4n) is 1.85. The van der Waals surface area contributed by atoms with E-state index in [1.54, 1.807) is 25.1 Å². The number of rotatable bonds is 7. The van der Waals surface area contributed by atoms with Crippen LogP contribution in [0.5, 0.6) is 0 Å². The summed E-state index contributed by atoms with van der Waals surface area (Å²) in [5.41, 5.74) is 0.708. The molecule has 0 saturated heterocycles. The molecular weight excluding hydrogens is 341 g/mol. The van der Waals surface area contributed by atoms with Crippen molar-refractivity contribution in [2.75, 3.05) is 0 Å². The zero-order chi connectivity index (χ0) is 17.6. The van der Waals surface area contributed by atoms with Crippen molar-refractivity contribution in [3.05, 3.63) is 33.8 Å². The standard InChI is InChI=1S/C16H19Cl2NO4/c1-9(20)4-7-15(21)23-11(3)16(22)19-10(2)13-6-5-12(17)8-14(13)18/h5-6,8,10-11H,4,7H2,1-3H3,(H,19,22)/t10-,11-/m1/s1. The molecule has 0 unspecified atom stereocenters. The van der Waals surface area contributed by atoms with Crippen molar-refractivity contribution >= 4 is 40.9 Å². The summed E-state index contributed by atoms with van der Waals surface area (Å²) in [7, 11) is 0. The normalized spacial score (nSPS) is 13.1. The first-order valence-electron chi connectivity index (χ1n) is 7.15. The van der Waals surface area contributed by atoms with Gasteiger partial charge in [0.05, 0.1) is 12.5 Å². The first-order chi connectivity index (χ1) is 10.7. The summed E-state index contributed by atoms with van der Waals surface area (Å²) < 4.78 is 4.99. The minimum Gasteiger partial charge on any atom is -0.453 e. The van der Waals surface area contributed by atoms with Crippen LogP contribution in [0.1, 0.15) is 45.2 Å². The molecule has 0 aliphatic heterocycles. The van der Waals surface area contributed by atoms with Crippen molar-refractivity contribution in [3.63, 3.8) is 0 Å². The largest absolute Gasteiger partial charge is 0.453 e. The van der Waals surface area contributed by atoms with Gasteiger partial charge in [-0.3, -0.25) is 9.59 Å². The van der Waals surface area contributed by atoms with E-state index in [9.17, 15) is 14.4 Å². The van der Waals surface area contributed by atoms with E-state index in [1.807, 2.05) is 0 Å². The lowest BCUT2D eigenvalue weighted by Crippen LogP contribution is -2.37. The summed E-state index contributed by atoms with van der Waals surface area (Å²) in [6.45, 7) is 4.62. The molecule has 1 aromatic carbocycles. The number of nitrogens with one attached hydrogen (secondary N) is 1. The predicted molar refractivity (Wildman–Crippen MR) is 88.5 cm³/mol. The fraction of sp³-hybridized carbons (Fsp3) is 0.438. The molecule has 0 bridgehead atoms. The number of carbonyl (C=O) groups is 3. The van der Waals surface area contributed by atoms with E-state index < -0.39 is 18.0 Å². The van der Waals surface area contributed by atoms with Gasteiger partial charge in [-0.1, -0.05) is 29.3 Å². The number of amides is 1. The van der Waals surface area contributed by atoms with E-state index in [2.05, 4.69) is 5.32 Å². The van der Waals surface area contributed by atoms with Crippen LogP contribution in [-0.2, 0) is 19.1 Å². The highest BCUT2D eigenvalue weighted by atomic mass is 35.5. The van der Waals surface area contributed by atoms with Gasteiger partial charge in [0.1, 0.15) is 5.78 Å². The van der Waals surface area contributed by atoms with Gasteiger partial charge in [0.25, 0.3) is 5.91 Å². The molecule has 0 spiro atoms. The van der Waals surface area contributed by atoms with Crippen LogP contribution in [-0.4, -0.2) is 23.8 Å². The van der Waals surface area contributed by atoms with Crippen molar-refractivity contribution in [1.82, 2.24) is 5.32 Å². The van der Waals surface area contributed by atoms with Crippen LogP contribution >= 0.6 is 23.2 Å². The van der Waals surface area contributed by atoms with E-state index in [1.165, 1.54) is 13.8 Å². The molecule has 0 aromatic heterocycles. The Kier molecular flexibility index (Phi) is 7.52. The number of hydrogen-bond acceptors (Lipinski definition) is 4. The first kappa shape index (κ1) is 19.5. The first-order valence-corrected chi connectivity index (χ1v) is 7.90. The van der Waals surface area contributed by atoms with Crippen LogP contribution in [0.2, 0.25) is 10.0 Å². The van der Waals surface area contributed by atoms with E-state index in [4.69, 9.17) is 27.9 Å². The van der Waals surface area contributed by atoms with Crippen molar-refractivity contribution in [2.24, 2.45) is 0 Å². The average Bonchev–Trinajstić information content (AvgIpc) is 2.44. The van der Waals surface area contributed by atoms with Gasteiger partial charge in [0.2, 0.25) is 0 Å². The van der Waals surface area contributed by atoms with E-state index >= 15 is 0 Å². The van der Waals surface area contributed by atoms with Crippen LogP contribution in [0, 0.1) is 0 Å². The number of esters is 1. The predicted octanol–water partition coefficient (Wildman–Crippen LogP) is 3.47. The van der Waals surface area contributed by atoms with Crippen LogP contribution in [0.25, 0.3) is 0 Å². The third-order valence-electron chi connectivity index (χ3n) is 3.15. The number of halogens is 2. The topological polar surface area (TPSA) is 72.5 Å². The molecule has 0 heterocycles. The Morgan fingerprint density at radius 1 is 1.17 bits per heavy atom. The lowest BCUT2D eigenvalue weighted by atomic mass is 10.1. The molecule has 1 N–H and O–H groups in total. The van der Waals surface area contributed by atoms with Crippen molar-refractivity contribution in [1.29, 1.82) is 0 Å². The minimum atomic E-state index is -0.956. The Morgan fingerprint density at radius 3 is 2.39 bits per heavy atom. The molecule has 7 heteroatoms. The van der Waals surface area contributed by atoms with Crippen LogP contribution < -0.4 is 5.32 Å². The molecule has 5 nitrogen and oxygen atoms in total. The van der Waals surface area contributed by atoms with Gasteiger partial charge in [-0.05, 0) is 38.5 Å². The quantitative estimate of drug-likeness (QED) is 0.756. The number of ketones is 1. The Morgan fingerprint density at radius 2 is 1.83 bits per heavy atom. The Hall–Kier alpha value is -1.59. The molecule has 23 heavy (non-hydrogen) atoms. The monoisotopic (exact) mass is 359 g/mol. The van der Waals surface area contributed by atoms with E-state index in [0.717, 1.165) is 0 Å². The summed E-state index contributed by atoms with van der Waals surface area (Å²) in [6, 6.07) is 4.62. The molecular formula is C16H19Cl2NO4. The van der Waals surface area contributed by atoms with Gasteiger partial charge in [-0.2, -0.15) is 0 Å². The SMILES string of the molecule is CC(=O)CCC(=O)O[C@H](C)C(=O)N[C@H](C)c1ccc(Cl)cc1Cl. The molecule has 126 valence electrons. The van der Waals surface area contributed by atoms with Gasteiger partial charge in [-0.15, -0.1) is 0 Å². The maximum atomic E-state index is 12.1. The number of ether oxygens (including phenoxy) is 1. The second-order valence-electron chi connectivity index (χ2n) is 5.23. The molecule has 1 rings (SSSR count). The molecule has 2 atom stereocenters. The zero-order valence-electron chi connectivity index (χ0n) is 13.2. The Labute approximate surface area is 145 Å². The summed E-state index contributed by atoms with van der Waals surface area (Å²) in [5.74, 6) is -1.13. The second-order valence-corrected chi connectivity index (χ2v) is 6.07. The third kappa shape index (κ3) is 6.59. The van der Waals surface area contributed by atoms with Gasteiger partial charge < -0.3 is 14.8 Å². The van der Waals surface area contributed by atoms with Crippen LogP contribution in [0.3, 0.4) is 0 Å². The Bertz CT molecular complexity index is 604. The van der Waals surface area contributed by atoms with Crippen molar-refractivity contribution in [3.8, 4) is 0 Å². The van der Waals surface area contributed by atoms with E-state index in [-0.39, 0.29) is 24.7 Å². The fourth-order valence-corrected chi connectivity index (χ4v) is 2.42. The van der Waals surface area contributed by atoms with Crippen LogP contribution in [0.4, 0.5) is 0 Å². The van der Waals surface area contributed by atoms with Gasteiger partial charge in [-0.25, -0.2) is 0 Å². The third-order valence-corrected chi connectivity index (χ3v) is 3.71. The molecule has 1 amide bonds. The molecule has 0 fully saturated rings. The molecule has 0 aliphatic rings. The summed E-state index contributed by atoms with van der Waals surface area (Å²) in [4.78, 5) is 34.4. The van der Waals surface area contributed by atoms with Gasteiger partial charge in [0, 0.05) is 16.5 Å². The maximum Gasteiger partial charge on any atom is 0.307 e. The average molecular weight is 360 g/mol. The number of carbonyl (C=O) groups excluding carboxylic acids is 3. The molecule has 1 aromatic rings. The summed E-state index contributed by atoms with van der Waals surface area (Å²) in [5, 5.41) is 3.66. The number of Topliss-reactive ketones (excluding diaryl/α,β-unsaturated/α-hetero) is 1. The molecule has 0 saturated carbocycles. The maximum absolute atomic E-state index is 12.1. The highest BCUT2D eigenvalue weighted by molar-refractivity contribution is 6.35. The lowest BCUT2D eigenvalue weighted by molar-refractivity contribution is -0.155. The second kappa shape index (κ2) is 8.89. The van der Waals surface area contributed by atoms with Crippen LogP contribution in [0.15, 0.2) is 18.2 Å². The zero-order valence-corrected chi connectivity index (χ0v) is 14.7. The number of benzene rings is 1. The van der Waals surface area contributed by atoms with Crippen molar-refractivity contribution < 1.29 is 19.1 Å². The smallest absolute Gasteiger partial charge is 0.307 e. The summed E-state index contributed by atoms with van der Waals surface area (Å²) in [6.07, 6.45) is -0.891. The highest BCUT2D eigenvalue weighted by Gasteiger charge is 2.21. The molecule has 0 radical (unpaired) electrons. The van der Waals surface area contributed by atoms with E-state index in [0.29, 0.717) is 15.6 Å². The van der Waals surface area contributed by atoms with Gasteiger partial charge in [0.15, 0.2) is 6.10 Å². The Balaban J connectivity index is 2.57.